The Labute approximate surface area is 87.4 Å². The van der Waals surface area contributed by atoms with Crippen molar-refractivity contribution in [2.45, 2.75) is 19.5 Å². The molecule has 0 fully saturated rings. The van der Waals surface area contributed by atoms with E-state index in [-0.39, 0.29) is 0 Å². The average Bonchev–Trinajstić information content (AvgIpc) is 2.17. The third-order valence-corrected chi connectivity index (χ3v) is 3.22. The van der Waals surface area contributed by atoms with Gasteiger partial charge in [-0.05, 0) is 17.8 Å². The second kappa shape index (κ2) is 5.21. The first-order valence-electron chi connectivity index (χ1n) is 4.66. The highest BCUT2D eigenvalue weighted by Gasteiger charge is 2.10. The predicted octanol–water partition coefficient (Wildman–Crippen LogP) is 2.42. The van der Waals surface area contributed by atoms with Crippen LogP contribution in [0.5, 0.6) is 11.5 Å². The fraction of sp³-hybridized carbons (Fsp3) is 0.455. The second-order valence-corrected chi connectivity index (χ2v) is 5.28. The maximum Gasteiger partial charge on any atom is 0.129 e. The maximum absolute atomic E-state index is 5.32. The van der Waals surface area contributed by atoms with Gasteiger partial charge in [-0.15, -0.1) is 0 Å². The normalized spacial score (nSPS) is 11.2. The van der Waals surface area contributed by atoms with Gasteiger partial charge in [-0.3, -0.25) is 0 Å². The molecule has 2 nitrogen and oxygen atoms in total. The van der Waals surface area contributed by atoms with Crippen molar-refractivity contribution >= 4 is 13.9 Å². The fourth-order valence-corrected chi connectivity index (χ4v) is 2.51. The summed E-state index contributed by atoms with van der Waals surface area (Å²) in [7, 11) is 4.12. The molecule has 0 bridgehead atoms. The lowest BCUT2D eigenvalue weighted by Crippen LogP contribution is -2.08. The Kier molecular flexibility index (Phi) is 4.21. The summed E-state index contributed by atoms with van der Waals surface area (Å²) < 4.78 is 10.6. The van der Waals surface area contributed by atoms with Crippen LogP contribution in [0.3, 0.4) is 0 Å². The minimum Gasteiger partial charge on any atom is -0.496 e. The lowest BCUT2D eigenvalue weighted by Gasteiger charge is -2.14. The molecule has 0 saturated carbocycles. The number of hydrogen-bond acceptors (Lipinski definition) is 2. The van der Waals surface area contributed by atoms with Gasteiger partial charge in [0.2, 0.25) is 0 Å². The molecule has 1 aromatic carbocycles. The molecule has 14 heavy (non-hydrogen) atoms. The van der Waals surface area contributed by atoms with E-state index in [4.69, 9.17) is 9.47 Å². The van der Waals surface area contributed by atoms with Crippen molar-refractivity contribution in [2.75, 3.05) is 14.2 Å². The number of hydrogen-bond donors (Lipinski definition) is 0. The Morgan fingerprint density at radius 1 is 1.07 bits per heavy atom. The molecule has 0 spiro atoms. The van der Waals surface area contributed by atoms with Crippen molar-refractivity contribution in [1.29, 1.82) is 0 Å². The van der Waals surface area contributed by atoms with Crippen LogP contribution in [0.2, 0.25) is 0 Å². The van der Waals surface area contributed by atoms with Crippen LogP contribution in [-0.4, -0.2) is 19.9 Å². The van der Waals surface area contributed by atoms with Gasteiger partial charge in [0.25, 0.3) is 0 Å². The molecule has 0 aliphatic heterocycles. The van der Waals surface area contributed by atoms with E-state index in [1.54, 1.807) is 14.2 Å². The third kappa shape index (κ3) is 2.62. The highest BCUT2D eigenvalue weighted by Crippen LogP contribution is 2.29. The van der Waals surface area contributed by atoms with Gasteiger partial charge in [0, 0.05) is 0 Å². The van der Waals surface area contributed by atoms with Crippen molar-refractivity contribution in [3.63, 3.8) is 0 Å². The van der Waals surface area contributed by atoms with Gasteiger partial charge in [-0.1, -0.05) is 28.5 Å². The van der Waals surface area contributed by atoms with E-state index in [1.165, 1.54) is 5.30 Å². The van der Waals surface area contributed by atoms with Crippen LogP contribution in [0, 0.1) is 0 Å². The molecule has 0 aliphatic carbocycles. The van der Waals surface area contributed by atoms with Crippen molar-refractivity contribution in [2.24, 2.45) is 0 Å². The molecular formula is C11H17O2P. The van der Waals surface area contributed by atoms with Gasteiger partial charge in [0.15, 0.2) is 0 Å². The van der Waals surface area contributed by atoms with E-state index in [0.29, 0.717) is 5.66 Å². The molecule has 0 radical (unpaired) electrons. The molecule has 0 aromatic heterocycles. The number of benzene rings is 1. The molecule has 1 rings (SSSR count). The Bertz CT molecular complexity index is 275. The van der Waals surface area contributed by atoms with Crippen molar-refractivity contribution in [3.8, 4) is 11.5 Å². The maximum atomic E-state index is 5.32. The Balaban J connectivity index is 3.05. The van der Waals surface area contributed by atoms with Crippen molar-refractivity contribution < 1.29 is 9.47 Å². The van der Waals surface area contributed by atoms with Crippen LogP contribution in [0.15, 0.2) is 18.2 Å². The molecule has 0 amide bonds. The molecule has 1 atom stereocenters. The lowest BCUT2D eigenvalue weighted by atomic mass is 10.3. The Hall–Kier alpha value is -0.750. The fourth-order valence-electron chi connectivity index (χ4n) is 1.28. The second-order valence-electron chi connectivity index (χ2n) is 3.34. The van der Waals surface area contributed by atoms with Gasteiger partial charge in [-0.2, -0.15) is 0 Å². The zero-order chi connectivity index (χ0) is 10.6. The van der Waals surface area contributed by atoms with E-state index in [2.05, 4.69) is 13.8 Å². The van der Waals surface area contributed by atoms with Crippen molar-refractivity contribution in [3.05, 3.63) is 18.2 Å². The van der Waals surface area contributed by atoms with E-state index in [0.717, 1.165) is 20.1 Å². The molecule has 1 unspecified atom stereocenters. The van der Waals surface area contributed by atoms with Gasteiger partial charge in [-0.25, -0.2) is 0 Å². The van der Waals surface area contributed by atoms with Crippen LogP contribution in [0.4, 0.5) is 0 Å². The molecule has 1 aromatic rings. The molecule has 0 N–H and O–H groups in total. The summed E-state index contributed by atoms with van der Waals surface area (Å²) in [4.78, 5) is 0. The number of ether oxygens (including phenoxy) is 2. The zero-order valence-electron chi connectivity index (χ0n) is 9.13. The largest absolute Gasteiger partial charge is 0.496 e. The highest BCUT2D eigenvalue weighted by atomic mass is 31.1. The molecule has 0 saturated heterocycles. The smallest absolute Gasteiger partial charge is 0.129 e. The average molecular weight is 212 g/mol. The standard InChI is InChI=1S/C11H17O2P/c1-8(2)14-11-9(12-3)6-5-7-10(11)13-4/h5-8,14H,1-4H3. The summed E-state index contributed by atoms with van der Waals surface area (Å²) in [5.41, 5.74) is 0.625. The van der Waals surface area contributed by atoms with Crippen LogP contribution < -0.4 is 14.8 Å². The van der Waals surface area contributed by atoms with E-state index in [1.807, 2.05) is 18.2 Å². The molecule has 3 heteroatoms. The van der Waals surface area contributed by atoms with Gasteiger partial charge >= 0.3 is 0 Å². The Morgan fingerprint density at radius 2 is 1.57 bits per heavy atom. The zero-order valence-corrected chi connectivity index (χ0v) is 10.1. The first-order chi connectivity index (χ1) is 6.69. The van der Waals surface area contributed by atoms with Crippen LogP contribution in [0.25, 0.3) is 0 Å². The van der Waals surface area contributed by atoms with Gasteiger partial charge < -0.3 is 9.47 Å². The van der Waals surface area contributed by atoms with E-state index in [9.17, 15) is 0 Å². The summed E-state index contributed by atoms with van der Waals surface area (Å²) in [6, 6.07) is 5.91. The molecule has 0 aliphatic rings. The summed E-state index contributed by atoms with van der Waals surface area (Å²) in [5, 5.41) is 1.19. The third-order valence-electron chi connectivity index (χ3n) is 1.86. The van der Waals surface area contributed by atoms with E-state index >= 15 is 0 Å². The first-order valence-corrected chi connectivity index (χ1v) is 5.74. The SMILES string of the molecule is COc1cccc(OC)c1PC(C)C. The quantitative estimate of drug-likeness (QED) is 0.713. The van der Waals surface area contributed by atoms with Gasteiger partial charge in [0.1, 0.15) is 11.5 Å². The van der Waals surface area contributed by atoms with Crippen LogP contribution in [0.1, 0.15) is 13.8 Å². The van der Waals surface area contributed by atoms with Crippen molar-refractivity contribution in [1.82, 2.24) is 0 Å². The Morgan fingerprint density at radius 3 is 1.93 bits per heavy atom. The van der Waals surface area contributed by atoms with E-state index < -0.39 is 0 Å². The minimum absolute atomic E-state index is 0.625. The number of rotatable bonds is 4. The summed E-state index contributed by atoms with van der Waals surface area (Å²) >= 11 is 0. The lowest BCUT2D eigenvalue weighted by molar-refractivity contribution is 0.401. The highest BCUT2D eigenvalue weighted by molar-refractivity contribution is 7.48. The van der Waals surface area contributed by atoms with Gasteiger partial charge in [0.05, 0.1) is 19.5 Å². The first kappa shape index (κ1) is 11.3. The minimum atomic E-state index is 0.625. The topological polar surface area (TPSA) is 18.5 Å². The van der Waals surface area contributed by atoms with Crippen LogP contribution in [-0.2, 0) is 0 Å². The number of methoxy groups -OCH3 is 2. The molecular weight excluding hydrogens is 195 g/mol. The summed E-state index contributed by atoms with van der Waals surface area (Å²) in [6.45, 7) is 4.40. The predicted molar refractivity (Wildman–Crippen MR) is 62.6 cm³/mol. The summed E-state index contributed by atoms with van der Waals surface area (Å²) in [6.07, 6.45) is 0. The summed E-state index contributed by atoms with van der Waals surface area (Å²) in [5.74, 6) is 1.85. The molecule has 78 valence electrons. The molecule has 0 heterocycles. The monoisotopic (exact) mass is 212 g/mol. The van der Waals surface area contributed by atoms with Crippen LogP contribution >= 0.6 is 8.58 Å².